The van der Waals surface area contributed by atoms with Gasteiger partial charge in [-0.05, 0) is 58.1 Å². The van der Waals surface area contributed by atoms with Crippen LogP contribution in [0.15, 0.2) is 18.2 Å². The van der Waals surface area contributed by atoms with Gasteiger partial charge in [-0.3, -0.25) is 4.90 Å². The lowest BCUT2D eigenvalue weighted by molar-refractivity contribution is 0.226. The number of H-pyrrole nitrogens is 1. The average Bonchev–Trinajstić information content (AvgIpc) is 3.26. The summed E-state index contributed by atoms with van der Waals surface area (Å²) in [6, 6.07) is 7.36. The molecule has 4 nitrogen and oxygen atoms in total. The van der Waals surface area contributed by atoms with Crippen LogP contribution in [0.25, 0.3) is 11.0 Å². The van der Waals surface area contributed by atoms with Crippen LogP contribution in [0.3, 0.4) is 0 Å². The molecule has 0 spiro atoms. The molecule has 21 heavy (non-hydrogen) atoms. The second-order valence-electron chi connectivity index (χ2n) is 5.87. The number of benzene rings is 1. The van der Waals surface area contributed by atoms with Crippen LogP contribution >= 0.6 is 12.2 Å². The second-order valence-corrected chi connectivity index (χ2v) is 6.26. The topological polar surface area (TPSA) is 33.2 Å². The Balaban J connectivity index is 1.92. The maximum atomic E-state index is 5.69. The highest BCUT2D eigenvalue weighted by Gasteiger charge is 2.29. The van der Waals surface area contributed by atoms with Gasteiger partial charge in [-0.25, -0.2) is 0 Å². The van der Waals surface area contributed by atoms with Crippen LogP contribution in [-0.4, -0.2) is 40.2 Å². The molecule has 1 aliphatic rings. The number of hydrogen-bond donors (Lipinski definition) is 1. The number of rotatable bonds is 6. The predicted molar refractivity (Wildman–Crippen MR) is 88.5 cm³/mol. The van der Waals surface area contributed by atoms with Crippen molar-refractivity contribution in [2.75, 3.05) is 13.7 Å². The van der Waals surface area contributed by atoms with Gasteiger partial charge in [0.1, 0.15) is 11.3 Å². The Hall–Kier alpha value is -1.33. The zero-order chi connectivity index (χ0) is 15.0. The van der Waals surface area contributed by atoms with Gasteiger partial charge in [-0.1, -0.05) is 6.07 Å². The third-order valence-corrected chi connectivity index (χ3v) is 4.66. The normalized spacial score (nSPS) is 16.6. The smallest absolute Gasteiger partial charge is 0.178 e. The summed E-state index contributed by atoms with van der Waals surface area (Å²) < 4.78 is 8.65. The highest BCUT2D eigenvalue weighted by molar-refractivity contribution is 7.71. The van der Waals surface area contributed by atoms with Crippen LogP contribution in [0.1, 0.15) is 26.7 Å². The molecule has 1 aromatic heterocycles. The third kappa shape index (κ3) is 2.85. The lowest BCUT2D eigenvalue weighted by Crippen LogP contribution is -2.34. The first-order chi connectivity index (χ1) is 10.1. The number of hydrogen-bond acceptors (Lipinski definition) is 3. The van der Waals surface area contributed by atoms with Crippen molar-refractivity contribution in [2.45, 2.75) is 45.3 Å². The van der Waals surface area contributed by atoms with Gasteiger partial charge < -0.3 is 14.3 Å². The number of aromatic nitrogens is 2. The maximum absolute atomic E-state index is 5.69. The van der Waals surface area contributed by atoms with Crippen molar-refractivity contribution in [3.8, 4) is 5.75 Å². The lowest BCUT2D eigenvalue weighted by Gasteiger charge is -2.25. The molecule has 0 aliphatic heterocycles. The minimum absolute atomic E-state index is 0.471. The van der Waals surface area contributed by atoms with Crippen LogP contribution in [0.5, 0.6) is 5.75 Å². The number of imidazole rings is 1. The summed E-state index contributed by atoms with van der Waals surface area (Å²) in [4.78, 5) is 5.77. The molecule has 1 heterocycles. The Morgan fingerprint density at radius 2 is 2.24 bits per heavy atom. The number of nitrogens with one attached hydrogen (secondary N) is 1. The van der Waals surface area contributed by atoms with E-state index in [1.165, 1.54) is 12.8 Å². The van der Waals surface area contributed by atoms with E-state index in [-0.39, 0.29) is 0 Å². The fourth-order valence-electron chi connectivity index (χ4n) is 2.85. The largest absolute Gasteiger partial charge is 0.492 e. The Morgan fingerprint density at radius 1 is 1.48 bits per heavy atom. The molecule has 1 unspecified atom stereocenters. The molecule has 114 valence electrons. The third-order valence-electron chi connectivity index (χ3n) is 4.34. The number of likely N-dealkylation sites (N-methyl/N-ethyl adjacent to an activating group) is 1. The molecule has 1 aromatic carbocycles. The molecule has 1 saturated carbocycles. The van der Waals surface area contributed by atoms with E-state index < -0.39 is 0 Å². The monoisotopic (exact) mass is 305 g/mol. The summed E-state index contributed by atoms with van der Waals surface area (Å²) >= 11 is 5.52. The fourth-order valence-corrected chi connectivity index (χ4v) is 3.12. The first kappa shape index (κ1) is 14.6. The molecule has 0 radical (unpaired) electrons. The van der Waals surface area contributed by atoms with E-state index in [0.29, 0.717) is 12.6 Å². The average molecular weight is 305 g/mol. The number of aromatic amines is 1. The Kier molecular flexibility index (Phi) is 4.04. The zero-order valence-corrected chi connectivity index (χ0v) is 13.7. The molecule has 2 aromatic rings. The van der Waals surface area contributed by atoms with Crippen molar-refractivity contribution in [3.05, 3.63) is 23.0 Å². The van der Waals surface area contributed by atoms with Crippen molar-refractivity contribution in [1.29, 1.82) is 0 Å². The summed E-state index contributed by atoms with van der Waals surface area (Å²) in [5.74, 6) is 0.878. The Labute approximate surface area is 130 Å². The second kappa shape index (κ2) is 5.81. The highest BCUT2D eigenvalue weighted by Crippen LogP contribution is 2.29. The van der Waals surface area contributed by atoms with Crippen LogP contribution < -0.4 is 4.74 Å². The minimum atomic E-state index is 0.471. The molecule has 5 heteroatoms. The minimum Gasteiger partial charge on any atom is -0.492 e. The fraction of sp³-hybridized carbons (Fsp3) is 0.562. The zero-order valence-electron chi connectivity index (χ0n) is 12.9. The van der Waals surface area contributed by atoms with Gasteiger partial charge in [-0.2, -0.15) is 0 Å². The van der Waals surface area contributed by atoms with E-state index in [9.17, 15) is 0 Å². The molecule has 1 fully saturated rings. The summed E-state index contributed by atoms with van der Waals surface area (Å²) in [7, 11) is 2.21. The first-order valence-corrected chi connectivity index (χ1v) is 8.09. The summed E-state index contributed by atoms with van der Waals surface area (Å²) in [5, 5.41) is 0. The van der Waals surface area contributed by atoms with Crippen molar-refractivity contribution in [1.82, 2.24) is 14.5 Å². The molecule has 1 atom stereocenters. The molecule has 0 amide bonds. The molecular formula is C16H23N3OS. The van der Waals surface area contributed by atoms with E-state index >= 15 is 0 Å². The number of para-hydroxylation sites is 1. The molecule has 3 rings (SSSR count). The van der Waals surface area contributed by atoms with Gasteiger partial charge in [0.25, 0.3) is 0 Å². The number of ether oxygens (including phenoxy) is 1. The van der Waals surface area contributed by atoms with Crippen molar-refractivity contribution < 1.29 is 4.74 Å². The van der Waals surface area contributed by atoms with Crippen LogP contribution in [-0.2, 0) is 6.54 Å². The predicted octanol–water partition coefficient (Wildman–Crippen LogP) is 3.58. The van der Waals surface area contributed by atoms with Gasteiger partial charge in [0.05, 0.1) is 12.1 Å². The van der Waals surface area contributed by atoms with Crippen molar-refractivity contribution >= 4 is 23.3 Å². The van der Waals surface area contributed by atoms with Gasteiger partial charge in [0.2, 0.25) is 0 Å². The van der Waals surface area contributed by atoms with Gasteiger partial charge in [0.15, 0.2) is 4.77 Å². The lowest BCUT2D eigenvalue weighted by atomic mass is 10.2. The quantitative estimate of drug-likeness (QED) is 0.828. The van der Waals surface area contributed by atoms with Crippen molar-refractivity contribution in [2.24, 2.45) is 0 Å². The van der Waals surface area contributed by atoms with Gasteiger partial charge >= 0.3 is 0 Å². The standard InChI is InChI=1S/C16H23N3OS/c1-4-20-14-7-5-6-13-15(14)17-16(21)19(13)10-11(2)18(3)12-8-9-12/h5-7,11-12H,4,8-10H2,1-3H3,(H,17,21). The molecular weight excluding hydrogens is 282 g/mol. The Morgan fingerprint density at radius 3 is 2.90 bits per heavy atom. The van der Waals surface area contributed by atoms with Crippen molar-refractivity contribution in [3.63, 3.8) is 0 Å². The van der Waals surface area contributed by atoms with Gasteiger partial charge in [0, 0.05) is 18.6 Å². The highest BCUT2D eigenvalue weighted by atomic mass is 32.1. The summed E-state index contributed by atoms with van der Waals surface area (Å²) in [6.07, 6.45) is 2.66. The first-order valence-electron chi connectivity index (χ1n) is 7.68. The SMILES string of the molecule is CCOc1cccc2c1[nH]c(=S)n2CC(C)N(C)C1CC1. The Bertz CT molecular complexity index is 686. The van der Waals surface area contributed by atoms with Crippen LogP contribution in [0.4, 0.5) is 0 Å². The van der Waals surface area contributed by atoms with E-state index in [0.717, 1.165) is 34.1 Å². The van der Waals surface area contributed by atoms with Crippen LogP contribution in [0.2, 0.25) is 0 Å². The molecule has 0 saturated heterocycles. The molecule has 1 N–H and O–H groups in total. The number of fused-ring (bicyclic) bond motifs is 1. The number of nitrogens with zero attached hydrogens (tertiary/aromatic N) is 2. The summed E-state index contributed by atoms with van der Waals surface area (Å²) in [5.41, 5.74) is 2.13. The van der Waals surface area contributed by atoms with Crippen LogP contribution in [0, 0.1) is 4.77 Å². The van der Waals surface area contributed by atoms with E-state index in [2.05, 4.69) is 34.5 Å². The molecule has 0 bridgehead atoms. The van der Waals surface area contributed by atoms with Gasteiger partial charge in [-0.15, -0.1) is 0 Å². The summed E-state index contributed by atoms with van der Waals surface area (Å²) in [6.45, 7) is 5.83. The van der Waals surface area contributed by atoms with E-state index in [1.54, 1.807) is 0 Å². The van der Waals surface area contributed by atoms with E-state index in [4.69, 9.17) is 17.0 Å². The van der Waals surface area contributed by atoms with E-state index in [1.807, 2.05) is 19.1 Å². The maximum Gasteiger partial charge on any atom is 0.178 e. The molecule has 1 aliphatic carbocycles.